The maximum atomic E-state index is 12.2. The molecular weight excluding hydrogens is 297 g/mol. The lowest BCUT2D eigenvalue weighted by atomic mass is 10.1. The molecule has 0 aromatic heterocycles. The van der Waals surface area contributed by atoms with Gasteiger partial charge in [-0.2, -0.15) is 21.6 Å². The Morgan fingerprint density at radius 3 is 2.40 bits per heavy atom. The zero-order valence-electron chi connectivity index (χ0n) is 10.1. The summed E-state index contributed by atoms with van der Waals surface area (Å²) in [5.74, 6) is -0.963. The molecule has 2 rings (SSSR count). The zero-order valence-corrected chi connectivity index (χ0v) is 10.9. The Hall–Kier alpha value is -1.96. The van der Waals surface area contributed by atoms with Crippen molar-refractivity contribution in [1.82, 2.24) is 0 Å². The molecule has 0 saturated heterocycles. The fourth-order valence-electron chi connectivity index (χ4n) is 1.65. The molecule has 0 radical (unpaired) electrons. The minimum atomic E-state index is -5.76. The first-order valence-corrected chi connectivity index (χ1v) is 6.75. The number of halogens is 3. The Kier molecular flexibility index (Phi) is 3.29. The Morgan fingerprint density at radius 2 is 1.80 bits per heavy atom. The van der Waals surface area contributed by atoms with Crippen LogP contribution in [-0.2, 0) is 10.1 Å². The van der Waals surface area contributed by atoms with Crippen molar-refractivity contribution in [2.75, 3.05) is 0 Å². The molecule has 0 aliphatic carbocycles. The van der Waals surface area contributed by atoms with Crippen molar-refractivity contribution in [2.24, 2.45) is 0 Å². The lowest BCUT2D eigenvalue weighted by Gasteiger charge is -2.11. The van der Waals surface area contributed by atoms with E-state index in [1.165, 1.54) is 6.07 Å². The summed E-state index contributed by atoms with van der Waals surface area (Å²) in [6.07, 6.45) is 0. The summed E-state index contributed by atoms with van der Waals surface area (Å²) in [5.41, 5.74) is -4.69. The van der Waals surface area contributed by atoms with E-state index >= 15 is 0 Å². The molecule has 2 aromatic rings. The molecule has 0 atom stereocenters. The Bertz CT molecular complexity index is 766. The number of alkyl halides is 3. The molecule has 1 N–H and O–H groups in total. The van der Waals surface area contributed by atoms with Crippen LogP contribution < -0.4 is 4.18 Å². The third-order valence-corrected chi connectivity index (χ3v) is 3.53. The van der Waals surface area contributed by atoms with Gasteiger partial charge in [0.05, 0.1) is 0 Å². The van der Waals surface area contributed by atoms with Crippen LogP contribution in [0.2, 0.25) is 0 Å². The number of hydrogen-bond donors (Lipinski definition) is 1. The predicted molar refractivity (Wildman–Crippen MR) is 66.0 cm³/mol. The van der Waals surface area contributed by atoms with E-state index in [1.54, 1.807) is 19.1 Å². The molecule has 108 valence electrons. The van der Waals surface area contributed by atoms with E-state index in [0.29, 0.717) is 10.8 Å². The van der Waals surface area contributed by atoms with Gasteiger partial charge >= 0.3 is 15.6 Å². The smallest absolute Gasteiger partial charge is 0.507 e. The van der Waals surface area contributed by atoms with Gasteiger partial charge in [-0.3, -0.25) is 0 Å². The van der Waals surface area contributed by atoms with Crippen molar-refractivity contribution in [3.05, 3.63) is 35.9 Å². The van der Waals surface area contributed by atoms with Gasteiger partial charge in [0.2, 0.25) is 0 Å². The number of hydrogen-bond acceptors (Lipinski definition) is 4. The second kappa shape index (κ2) is 4.55. The molecule has 20 heavy (non-hydrogen) atoms. The molecule has 0 aliphatic rings. The first kappa shape index (κ1) is 14.4. The van der Waals surface area contributed by atoms with Crippen molar-refractivity contribution in [2.45, 2.75) is 12.4 Å². The molecule has 0 unspecified atom stereocenters. The minimum Gasteiger partial charge on any atom is -0.507 e. The highest BCUT2D eigenvalue weighted by atomic mass is 32.2. The van der Waals surface area contributed by atoms with E-state index in [2.05, 4.69) is 4.18 Å². The lowest BCUT2D eigenvalue weighted by Crippen LogP contribution is -2.28. The van der Waals surface area contributed by atoms with E-state index in [-0.39, 0.29) is 5.75 Å². The summed E-state index contributed by atoms with van der Waals surface area (Å²) in [7, 11) is -5.76. The van der Waals surface area contributed by atoms with Crippen LogP contribution in [0.1, 0.15) is 5.56 Å². The van der Waals surface area contributed by atoms with Crippen LogP contribution in [0.4, 0.5) is 13.2 Å². The average Bonchev–Trinajstić information content (AvgIpc) is 2.28. The van der Waals surface area contributed by atoms with Crippen molar-refractivity contribution in [3.8, 4) is 11.5 Å². The highest BCUT2D eigenvalue weighted by Crippen LogP contribution is 2.33. The van der Waals surface area contributed by atoms with E-state index < -0.39 is 21.4 Å². The Labute approximate surface area is 112 Å². The van der Waals surface area contributed by atoms with Crippen LogP contribution in [0.5, 0.6) is 11.5 Å². The summed E-state index contributed by atoms with van der Waals surface area (Å²) in [5, 5.41) is 10.5. The summed E-state index contributed by atoms with van der Waals surface area (Å²) >= 11 is 0. The summed E-state index contributed by atoms with van der Waals surface area (Å²) < 4.78 is 62.4. The Morgan fingerprint density at radius 1 is 1.15 bits per heavy atom. The van der Waals surface area contributed by atoms with Crippen LogP contribution in [0.15, 0.2) is 30.3 Å². The van der Waals surface area contributed by atoms with Gasteiger partial charge in [-0.05, 0) is 24.4 Å². The molecule has 0 saturated carbocycles. The number of aryl methyl sites for hydroxylation is 1. The lowest BCUT2D eigenvalue weighted by molar-refractivity contribution is -0.0500. The predicted octanol–water partition coefficient (Wildman–Crippen LogP) is 3.08. The molecule has 4 nitrogen and oxygen atoms in total. The number of phenols is 1. The average molecular weight is 306 g/mol. The van der Waals surface area contributed by atoms with E-state index in [9.17, 15) is 26.7 Å². The van der Waals surface area contributed by atoms with Crippen LogP contribution >= 0.6 is 0 Å². The second-order valence-corrected chi connectivity index (χ2v) is 5.69. The minimum absolute atomic E-state index is 0.362. The van der Waals surface area contributed by atoms with Gasteiger partial charge in [0.1, 0.15) is 11.5 Å². The van der Waals surface area contributed by atoms with Crippen LogP contribution in [0.25, 0.3) is 10.8 Å². The second-order valence-electron chi connectivity index (χ2n) is 4.15. The third-order valence-electron chi connectivity index (χ3n) is 2.55. The van der Waals surface area contributed by atoms with Gasteiger partial charge in [-0.15, -0.1) is 0 Å². The highest BCUT2D eigenvalue weighted by Gasteiger charge is 2.48. The first-order valence-electron chi connectivity index (χ1n) is 5.34. The van der Waals surface area contributed by atoms with Gasteiger partial charge in [0.25, 0.3) is 0 Å². The number of aromatic hydroxyl groups is 1. The SMILES string of the molecule is Cc1ccc2cc(OS(=O)(=O)C(F)(F)F)cc(O)c2c1. The van der Waals surface area contributed by atoms with Gasteiger partial charge in [0.15, 0.2) is 0 Å². The Balaban J connectivity index is 2.51. The van der Waals surface area contributed by atoms with Gasteiger partial charge in [0, 0.05) is 11.5 Å². The molecule has 0 amide bonds. The number of rotatable bonds is 2. The quantitative estimate of drug-likeness (QED) is 0.684. The van der Waals surface area contributed by atoms with Crippen LogP contribution in [-0.4, -0.2) is 19.0 Å². The van der Waals surface area contributed by atoms with Crippen molar-refractivity contribution < 1.29 is 30.9 Å². The molecule has 0 aliphatic heterocycles. The first-order chi connectivity index (χ1) is 9.10. The summed E-state index contributed by atoms with van der Waals surface area (Å²) in [4.78, 5) is 0. The molecule has 0 bridgehead atoms. The molecule has 0 spiro atoms. The number of benzene rings is 2. The monoisotopic (exact) mass is 306 g/mol. The molecular formula is C12H9F3O4S. The summed E-state index contributed by atoms with van der Waals surface area (Å²) in [6.45, 7) is 1.78. The van der Waals surface area contributed by atoms with Crippen molar-refractivity contribution in [1.29, 1.82) is 0 Å². The van der Waals surface area contributed by atoms with Gasteiger partial charge in [-0.1, -0.05) is 17.7 Å². The molecule has 8 heteroatoms. The van der Waals surface area contributed by atoms with E-state index in [0.717, 1.165) is 17.7 Å². The summed E-state index contributed by atoms with van der Waals surface area (Å²) in [6, 6.07) is 6.76. The molecule has 2 aromatic carbocycles. The highest BCUT2D eigenvalue weighted by molar-refractivity contribution is 7.88. The normalized spacial score (nSPS) is 12.6. The van der Waals surface area contributed by atoms with Crippen molar-refractivity contribution >= 4 is 20.9 Å². The van der Waals surface area contributed by atoms with Gasteiger partial charge < -0.3 is 9.29 Å². The fraction of sp³-hybridized carbons (Fsp3) is 0.167. The maximum Gasteiger partial charge on any atom is 0.534 e. The maximum absolute atomic E-state index is 12.2. The van der Waals surface area contributed by atoms with Crippen molar-refractivity contribution in [3.63, 3.8) is 0 Å². The van der Waals surface area contributed by atoms with Crippen LogP contribution in [0, 0.1) is 6.92 Å². The number of phenolic OH excluding ortho intramolecular Hbond substituents is 1. The number of fused-ring (bicyclic) bond motifs is 1. The zero-order chi connectivity index (χ0) is 15.1. The van der Waals surface area contributed by atoms with E-state index in [4.69, 9.17) is 0 Å². The van der Waals surface area contributed by atoms with E-state index in [1.807, 2.05) is 0 Å². The third kappa shape index (κ3) is 2.64. The largest absolute Gasteiger partial charge is 0.534 e. The van der Waals surface area contributed by atoms with Gasteiger partial charge in [-0.25, -0.2) is 0 Å². The van der Waals surface area contributed by atoms with Crippen LogP contribution in [0.3, 0.4) is 0 Å². The molecule has 0 heterocycles. The molecule has 0 fully saturated rings. The fourth-order valence-corrected chi connectivity index (χ4v) is 2.09. The topological polar surface area (TPSA) is 63.6 Å². The standard InChI is InChI=1S/C12H9F3O4S/c1-7-2-3-8-5-9(6-11(16)10(8)4-7)19-20(17,18)12(13,14)15/h2-6,16H,1H3.